The molecule has 2 aromatic rings. The van der Waals surface area contributed by atoms with E-state index < -0.39 is 0 Å². The molecule has 2 N–H and O–H groups in total. The van der Waals surface area contributed by atoms with Gasteiger partial charge in [-0.2, -0.15) is 0 Å². The number of aryl methyl sites for hydroxylation is 1. The molecular weight excluding hydrogens is 322 g/mol. The number of anilines is 1. The number of hydrogen-bond donors (Lipinski definition) is 2. The van der Waals surface area contributed by atoms with Crippen LogP contribution in [-0.4, -0.2) is 33.8 Å². The van der Waals surface area contributed by atoms with Crippen molar-refractivity contribution in [3.05, 3.63) is 29.5 Å². The first-order valence-corrected chi connectivity index (χ1v) is 8.16. The second-order valence-corrected chi connectivity index (χ2v) is 6.57. The molecule has 0 aliphatic carbocycles. The van der Waals surface area contributed by atoms with Crippen molar-refractivity contribution in [1.29, 1.82) is 0 Å². The van der Waals surface area contributed by atoms with Gasteiger partial charge in [0.05, 0.1) is 10.9 Å². The zero-order chi connectivity index (χ0) is 15.5. The third kappa shape index (κ3) is 3.43. The monoisotopic (exact) mass is 337 g/mol. The van der Waals surface area contributed by atoms with Crippen LogP contribution >= 0.6 is 23.4 Å². The molecule has 6 nitrogen and oxygen atoms in total. The number of carbonyl (C=O) groups is 1. The normalized spacial score (nSPS) is 17.6. The predicted octanol–water partition coefficient (Wildman–Crippen LogP) is 2.17. The molecule has 0 radical (unpaired) electrons. The van der Waals surface area contributed by atoms with E-state index in [2.05, 4.69) is 20.8 Å². The number of carbonyl (C=O) groups excluding carboxylic acids is 1. The van der Waals surface area contributed by atoms with Crippen LogP contribution in [0.2, 0.25) is 5.02 Å². The molecule has 22 heavy (non-hydrogen) atoms. The summed E-state index contributed by atoms with van der Waals surface area (Å²) in [6, 6.07) is 5.50. The Morgan fingerprint density at radius 1 is 1.55 bits per heavy atom. The van der Waals surface area contributed by atoms with Gasteiger partial charge in [0.2, 0.25) is 5.91 Å². The van der Waals surface area contributed by atoms with Crippen LogP contribution in [-0.2, 0) is 11.8 Å². The fourth-order valence-electron chi connectivity index (χ4n) is 2.25. The van der Waals surface area contributed by atoms with E-state index in [4.69, 9.17) is 11.6 Å². The summed E-state index contributed by atoms with van der Waals surface area (Å²) in [5, 5.41) is 15.3. The van der Waals surface area contributed by atoms with Crippen molar-refractivity contribution in [3.8, 4) is 0 Å². The van der Waals surface area contributed by atoms with Crippen molar-refractivity contribution >= 4 is 35.0 Å². The van der Waals surface area contributed by atoms with Crippen molar-refractivity contribution in [2.24, 2.45) is 13.0 Å². The molecule has 1 aromatic carbocycles. The third-order valence-corrected chi connectivity index (χ3v) is 5.05. The summed E-state index contributed by atoms with van der Waals surface area (Å²) in [5.74, 6) is 0.0706. The molecule has 1 aromatic heterocycles. The number of benzene rings is 1. The molecule has 1 atom stereocenters. The number of halogens is 1. The van der Waals surface area contributed by atoms with Crippen LogP contribution in [0.1, 0.15) is 6.42 Å². The molecule has 116 valence electrons. The Morgan fingerprint density at radius 2 is 2.41 bits per heavy atom. The van der Waals surface area contributed by atoms with Crippen LogP contribution in [0.4, 0.5) is 5.69 Å². The van der Waals surface area contributed by atoms with E-state index in [0.29, 0.717) is 10.7 Å². The fraction of sp³-hybridized carbons (Fsp3) is 0.357. The van der Waals surface area contributed by atoms with E-state index in [1.165, 1.54) is 11.8 Å². The maximum atomic E-state index is 12.1. The topological polar surface area (TPSA) is 71.8 Å². The highest BCUT2D eigenvalue weighted by Crippen LogP contribution is 2.33. The standard InChI is InChI=1S/C14H16ClN5OS/c1-20-8-17-19-14(20)22-12-3-2-10(6-11(12)15)18-13(21)9-4-5-16-7-9/h2-3,6,8-9,16H,4-5,7H2,1H3,(H,18,21). The second kappa shape index (κ2) is 6.68. The van der Waals surface area contributed by atoms with E-state index in [-0.39, 0.29) is 11.8 Å². The number of nitrogens with one attached hydrogen (secondary N) is 2. The van der Waals surface area contributed by atoms with E-state index in [1.807, 2.05) is 23.7 Å². The molecule has 0 spiro atoms. The average molecular weight is 338 g/mol. The Morgan fingerprint density at radius 3 is 3.05 bits per heavy atom. The van der Waals surface area contributed by atoms with Gasteiger partial charge in [0, 0.05) is 24.2 Å². The molecule has 1 unspecified atom stereocenters. The summed E-state index contributed by atoms with van der Waals surface area (Å²) < 4.78 is 1.82. The zero-order valence-electron chi connectivity index (χ0n) is 12.0. The van der Waals surface area contributed by atoms with Gasteiger partial charge in [0.25, 0.3) is 0 Å². The van der Waals surface area contributed by atoms with Crippen molar-refractivity contribution < 1.29 is 4.79 Å². The third-order valence-electron chi connectivity index (χ3n) is 3.50. The second-order valence-electron chi connectivity index (χ2n) is 5.15. The Bertz CT molecular complexity index is 684. The van der Waals surface area contributed by atoms with Crippen LogP contribution in [0.15, 0.2) is 34.6 Å². The molecule has 0 saturated carbocycles. The van der Waals surface area contributed by atoms with Gasteiger partial charge in [-0.15, -0.1) is 10.2 Å². The minimum absolute atomic E-state index is 0.0338. The molecule has 1 aliphatic rings. The van der Waals surface area contributed by atoms with Gasteiger partial charge in [0.15, 0.2) is 5.16 Å². The minimum atomic E-state index is 0.0338. The van der Waals surface area contributed by atoms with E-state index in [0.717, 1.165) is 29.6 Å². The average Bonchev–Trinajstić information content (AvgIpc) is 3.14. The lowest BCUT2D eigenvalue weighted by Gasteiger charge is -2.11. The lowest BCUT2D eigenvalue weighted by molar-refractivity contribution is -0.119. The predicted molar refractivity (Wildman–Crippen MR) is 86.2 cm³/mol. The van der Waals surface area contributed by atoms with Gasteiger partial charge in [-0.25, -0.2) is 0 Å². The van der Waals surface area contributed by atoms with Gasteiger partial charge in [-0.1, -0.05) is 11.6 Å². The maximum absolute atomic E-state index is 12.1. The smallest absolute Gasteiger partial charge is 0.228 e. The number of nitrogens with zero attached hydrogens (tertiary/aromatic N) is 3. The van der Waals surface area contributed by atoms with E-state index in [1.54, 1.807) is 12.4 Å². The fourth-order valence-corrected chi connectivity index (χ4v) is 3.31. The summed E-state index contributed by atoms with van der Waals surface area (Å²) >= 11 is 7.73. The Kier molecular flexibility index (Phi) is 4.66. The summed E-state index contributed by atoms with van der Waals surface area (Å²) in [5.41, 5.74) is 0.712. The molecule has 3 rings (SSSR count). The zero-order valence-corrected chi connectivity index (χ0v) is 13.6. The first-order chi connectivity index (χ1) is 10.6. The van der Waals surface area contributed by atoms with E-state index >= 15 is 0 Å². The maximum Gasteiger partial charge on any atom is 0.228 e. The lowest BCUT2D eigenvalue weighted by Crippen LogP contribution is -2.24. The highest BCUT2D eigenvalue weighted by molar-refractivity contribution is 7.99. The Hall–Kier alpha value is -1.57. The van der Waals surface area contributed by atoms with Gasteiger partial charge in [-0.3, -0.25) is 4.79 Å². The molecule has 1 amide bonds. The van der Waals surface area contributed by atoms with Crippen LogP contribution in [0.3, 0.4) is 0 Å². The Labute approximate surface area is 137 Å². The Balaban J connectivity index is 1.69. The van der Waals surface area contributed by atoms with Crippen molar-refractivity contribution in [2.75, 3.05) is 18.4 Å². The molecule has 1 saturated heterocycles. The first-order valence-electron chi connectivity index (χ1n) is 6.96. The molecule has 2 heterocycles. The molecular formula is C14H16ClN5OS. The van der Waals surface area contributed by atoms with Gasteiger partial charge < -0.3 is 15.2 Å². The van der Waals surface area contributed by atoms with Crippen LogP contribution < -0.4 is 10.6 Å². The van der Waals surface area contributed by atoms with Crippen molar-refractivity contribution in [2.45, 2.75) is 16.5 Å². The van der Waals surface area contributed by atoms with Crippen LogP contribution in [0.5, 0.6) is 0 Å². The van der Waals surface area contributed by atoms with Crippen molar-refractivity contribution in [1.82, 2.24) is 20.1 Å². The van der Waals surface area contributed by atoms with Crippen molar-refractivity contribution in [3.63, 3.8) is 0 Å². The number of aromatic nitrogens is 3. The SMILES string of the molecule is Cn1cnnc1Sc1ccc(NC(=O)C2CCNC2)cc1Cl. The highest BCUT2D eigenvalue weighted by Gasteiger charge is 2.22. The number of rotatable bonds is 4. The lowest BCUT2D eigenvalue weighted by atomic mass is 10.1. The molecule has 1 fully saturated rings. The van der Waals surface area contributed by atoms with Gasteiger partial charge in [0.1, 0.15) is 6.33 Å². The minimum Gasteiger partial charge on any atom is -0.326 e. The summed E-state index contributed by atoms with van der Waals surface area (Å²) in [6.07, 6.45) is 2.51. The molecule has 0 bridgehead atoms. The van der Waals surface area contributed by atoms with Gasteiger partial charge >= 0.3 is 0 Å². The summed E-state index contributed by atoms with van der Waals surface area (Å²) in [4.78, 5) is 13.0. The quantitative estimate of drug-likeness (QED) is 0.894. The number of amides is 1. The number of hydrogen-bond acceptors (Lipinski definition) is 5. The molecule has 1 aliphatic heterocycles. The summed E-state index contributed by atoms with van der Waals surface area (Å²) in [6.45, 7) is 1.63. The molecule has 8 heteroatoms. The first kappa shape index (κ1) is 15.3. The largest absolute Gasteiger partial charge is 0.326 e. The van der Waals surface area contributed by atoms with Crippen LogP contribution in [0.25, 0.3) is 0 Å². The van der Waals surface area contributed by atoms with E-state index in [9.17, 15) is 4.79 Å². The van der Waals surface area contributed by atoms with Crippen LogP contribution in [0, 0.1) is 5.92 Å². The van der Waals surface area contributed by atoms with Gasteiger partial charge in [-0.05, 0) is 42.9 Å². The summed E-state index contributed by atoms with van der Waals surface area (Å²) in [7, 11) is 1.88. The highest BCUT2D eigenvalue weighted by atomic mass is 35.5.